The molecule has 0 aromatic carbocycles. The van der Waals surface area contributed by atoms with Gasteiger partial charge in [0.15, 0.2) is 0 Å². The van der Waals surface area contributed by atoms with Crippen molar-refractivity contribution < 1.29 is 9.53 Å². The number of ether oxygens (including phenoxy) is 1. The van der Waals surface area contributed by atoms with Gasteiger partial charge in [0.05, 0.1) is 30.3 Å². The van der Waals surface area contributed by atoms with Gasteiger partial charge in [-0.1, -0.05) is 0 Å². The van der Waals surface area contributed by atoms with Crippen LogP contribution in [-0.2, 0) is 12.8 Å². The molecule has 0 unspecified atom stereocenters. The third kappa shape index (κ3) is 2.77. The predicted octanol–water partition coefficient (Wildman–Crippen LogP) is 2.86. The highest BCUT2D eigenvalue weighted by Crippen LogP contribution is 2.34. The Balaban J connectivity index is 1.68. The minimum absolute atomic E-state index is 0.182. The lowest BCUT2D eigenvalue weighted by Crippen LogP contribution is -2.12. The molecular formula is C18H19N5O2. The molecule has 1 aliphatic rings. The number of pyridine rings is 1. The van der Waals surface area contributed by atoms with Gasteiger partial charge in [0, 0.05) is 29.2 Å². The highest BCUT2D eigenvalue weighted by molar-refractivity contribution is 6.09. The molecule has 0 saturated carbocycles. The van der Waals surface area contributed by atoms with Gasteiger partial charge in [-0.15, -0.1) is 0 Å². The smallest absolute Gasteiger partial charge is 0.257 e. The molecule has 0 bridgehead atoms. The molecule has 3 heterocycles. The molecule has 0 saturated heterocycles. The standard InChI is InChI=1S/C18H19N5O2/c1-10-21-14-5-3-4-13-16(17(14)22-10)12(9-19-13)18(24)23-11-6-7-15(25-2)20-8-11/h6-9,19H,3-5H2,1-2H3,(H,21,22)(H,23,24). The Kier molecular flexibility index (Phi) is 3.76. The molecule has 0 atom stereocenters. The number of aromatic nitrogens is 4. The monoisotopic (exact) mass is 337 g/mol. The summed E-state index contributed by atoms with van der Waals surface area (Å²) in [6.07, 6.45) is 6.19. The molecule has 1 amide bonds. The quantitative estimate of drug-likeness (QED) is 0.685. The van der Waals surface area contributed by atoms with Crippen LogP contribution in [0.1, 0.15) is 34.0 Å². The number of hydrogen-bond donors (Lipinski definition) is 3. The molecule has 3 N–H and O–H groups in total. The number of fused-ring (bicyclic) bond motifs is 3. The van der Waals surface area contributed by atoms with Crippen molar-refractivity contribution in [3.63, 3.8) is 0 Å². The zero-order valence-corrected chi connectivity index (χ0v) is 14.1. The Hall–Kier alpha value is -3.09. The van der Waals surface area contributed by atoms with E-state index in [1.54, 1.807) is 31.6 Å². The molecule has 25 heavy (non-hydrogen) atoms. The van der Waals surface area contributed by atoms with Crippen molar-refractivity contribution in [1.29, 1.82) is 0 Å². The van der Waals surface area contributed by atoms with Gasteiger partial charge >= 0.3 is 0 Å². The number of aromatic amines is 2. The Morgan fingerprint density at radius 3 is 2.88 bits per heavy atom. The van der Waals surface area contributed by atoms with Gasteiger partial charge in [-0.05, 0) is 32.3 Å². The number of carbonyl (C=O) groups is 1. The van der Waals surface area contributed by atoms with E-state index in [4.69, 9.17) is 4.74 Å². The Morgan fingerprint density at radius 1 is 1.28 bits per heavy atom. The maximum absolute atomic E-state index is 12.8. The minimum atomic E-state index is -0.182. The number of hydrogen-bond acceptors (Lipinski definition) is 4. The number of carbonyl (C=O) groups excluding carboxylic acids is 1. The van der Waals surface area contributed by atoms with E-state index in [1.807, 2.05) is 6.92 Å². The van der Waals surface area contributed by atoms with E-state index in [0.29, 0.717) is 17.1 Å². The average Bonchev–Trinajstić information content (AvgIpc) is 3.15. The Labute approximate surface area is 144 Å². The fourth-order valence-electron chi connectivity index (χ4n) is 3.26. The second-order valence-electron chi connectivity index (χ2n) is 6.10. The molecule has 128 valence electrons. The lowest BCUT2D eigenvalue weighted by Gasteiger charge is -2.07. The van der Waals surface area contributed by atoms with E-state index in [2.05, 4.69) is 25.3 Å². The molecule has 1 aliphatic carbocycles. The maximum Gasteiger partial charge on any atom is 0.257 e. The van der Waals surface area contributed by atoms with Crippen molar-refractivity contribution >= 4 is 11.6 Å². The molecule has 7 nitrogen and oxygen atoms in total. The van der Waals surface area contributed by atoms with Crippen LogP contribution >= 0.6 is 0 Å². The van der Waals surface area contributed by atoms with E-state index in [9.17, 15) is 4.79 Å². The molecule has 0 aliphatic heterocycles. The van der Waals surface area contributed by atoms with Crippen LogP contribution in [-0.4, -0.2) is 33.0 Å². The molecular weight excluding hydrogens is 318 g/mol. The summed E-state index contributed by atoms with van der Waals surface area (Å²) in [6.45, 7) is 1.93. The lowest BCUT2D eigenvalue weighted by atomic mass is 10.1. The van der Waals surface area contributed by atoms with Crippen LogP contribution in [0.15, 0.2) is 24.5 Å². The fourth-order valence-corrected chi connectivity index (χ4v) is 3.26. The zero-order chi connectivity index (χ0) is 17.4. The van der Waals surface area contributed by atoms with E-state index in [-0.39, 0.29) is 5.91 Å². The van der Waals surface area contributed by atoms with E-state index in [1.165, 1.54) is 0 Å². The molecule has 7 heteroatoms. The van der Waals surface area contributed by atoms with Crippen molar-refractivity contribution in [1.82, 2.24) is 19.9 Å². The molecule has 3 aromatic rings. The molecule has 0 fully saturated rings. The highest BCUT2D eigenvalue weighted by atomic mass is 16.5. The van der Waals surface area contributed by atoms with Crippen LogP contribution in [0.25, 0.3) is 11.3 Å². The summed E-state index contributed by atoms with van der Waals surface area (Å²) >= 11 is 0. The van der Waals surface area contributed by atoms with Crippen LogP contribution in [0.3, 0.4) is 0 Å². The van der Waals surface area contributed by atoms with Crippen LogP contribution in [0, 0.1) is 6.92 Å². The third-order valence-electron chi connectivity index (χ3n) is 4.40. The largest absolute Gasteiger partial charge is 0.481 e. The SMILES string of the molecule is COc1ccc(NC(=O)c2c[nH]c3c2-c2nc(C)[nH]c2CCC3)cn1. The number of nitrogens with zero attached hydrogens (tertiary/aromatic N) is 2. The lowest BCUT2D eigenvalue weighted by molar-refractivity contribution is 0.102. The summed E-state index contributed by atoms with van der Waals surface area (Å²) in [5, 5.41) is 2.89. The summed E-state index contributed by atoms with van der Waals surface area (Å²) in [5.74, 6) is 1.19. The van der Waals surface area contributed by atoms with Crippen molar-refractivity contribution in [3.05, 3.63) is 47.3 Å². The van der Waals surface area contributed by atoms with Gasteiger partial charge in [0.2, 0.25) is 5.88 Å². The summed E-state index contributed by atoms with van der Waals surface area (Å²) < 4.78 is 5.04. The number of amides is 1. The summed E-state index contributed by atoms with van der Waals surface area (Å²) in [5.41, 5.74) is 5.15. The summed E-state index contributed by atoms with van der Waals surface area (Å²) in [4.78, 5) is 28.1. The van der Waals surface area contributed by atoms with Crippen molar-refractivity contribution in [2.45, 2.75) is 26.2 Å². The van der Waals surface area contributed by atoms with Gasteiger partial charge < -0.3 is 20.0 Å². The number of rotatable bonds is 3. The van der Waals surface area contributed by atoms with Crippen LogP contribution in [0.2, 0.25) is 0 Å². The molecule has 0 radical (unpaired) electrons. The minimum Gasteiger partial charge on any atom is -0.481 e. The zero-order valence-electron chi connectivity index (χ0n) is 14.1. The van der Waals surface area contributed by atoms with E-state index < -0.39 is 0 Å². The van der Waals surface area contributed by atoms with Crippen molar-refractivity contribution in [2.24, 2.45) is 0 Å². The predicted molar refractivity (Wildman–Crippen MR) is 93.9 cm³/mol. The second-order valence-corrected chi connectivity index (χ2v) is 6.10. The summed E-state index contributed by atoms with van der Waals surface area (Å²) in [7, 11) is 1.55. The normalized spacial score (nSPS) is 12.9. The number of nitrogens with one attached hydrogen (secondary N) is 3. The highest BCUT2D eigenvalue weighted by Gasteiger charge is 2.25. The Bertz CT molecular complexity index is 924. The fraction of sp³-hybridized carbons (Fsp3) is 0.278. The van der Waals surface area contributed by atoms with Gasteiger partial charge in [0.1, 0.15) is 5.82 Å². The third-order valence-corrected chi connectivity index (χ3v) is 4.40. The number of aryl methyl sites for hydroxylation is 3. The van der Waals surface area contributed by atoms with Gasteiger partial charge in [-0.25, -0.2) is 9.97 Å². The Morgan fingerprint density at radius 2 is 2.12 bits per heavy atom. The van der Waals surface area contributed by atoms with Crippen molar-refractivity contribution in [3.8, 4) is 17.1 Å². The first-order chi connectivity index (χ1) is 12.2. The van der Waals surface area contributed by atoms with Gasteiger partial charge in [-0.2, -0.15) is 0 Å². The molecule has 3 aromatic heterocycles. The van der Waals surface area contributed by atoms with E-state index in [0.717, 1.165) is 47.7 Å². The number of anilines is 1. The van der Waals surface area contributed by atoms with Crippen molar-refractivity contribution in [2.75, 3.05) is 12.4 Å². The number of H-pyrrole nitrogens is 2. The topological polar surface area (TPSA) is 95.7 Å². The first kappa shape index (κ1) is 15.4. The molecule has 4 rings (SSSR count). The average molecular weight is 337 g/mol. The van der Waals surface area contributed by atoms with Crippen LogP contribution in [0.5, 0.6) is 5.88 Å². The van der Waals surface area contributed by atoms with Gasteiger partial charge in [-0.3, -0.25) is 4.79 Å². The van der Waals surface area contributed by atoms with Crippen LogP contribution in [0.4, 0.5) is 5.69 Å². The maximum atomic E-state index is 12.8. The summed E-state index contributed by atoms with van der Waals surface area (Å²) in [6, 6.07) is 3.47. The van der Waals surface area contributed by atoms with Gasteiger partial charge in [0.25, 0.3) is 5.91 Å². The first-order valence-electron chi connectivity index (χ1n) is 8.23. The number of imidazole rings is 1. The van der Waals surface area contributed by atoms with E-state index >= 15 is 0 Å². The number of methoxy groups -OCH3 is 1. The first-order valence-corrected chi connectivity index (χ1v) is 8.23. The second kappa shape index (κ2) is 6.08. The van der Waals surface area contributed by atoms with Crippen LogP contribution < -0.4 is 10.1 Å². The molecule has 0 spiro atoms.